The third-order valence-electron chi connectivity index (χ3n) is 12.2. The molecular formula is C31H46O5. The van der Waals surface area contributed by atoms with Crippen LogP contribution in [-0.2, 0) is 19.1 Å². The summed E-state index contributed by atoms with van der Waals surface area (Å²) in [7, 11) is 0. The van der Waals surface area contributed by atoms with Gasteiger partial charge in [-0.3, -0.25) is 14.4 Å². The molecule has 4 saturated carbocycles. The largest absolute Gasteiger partial charge is 0.481 e. The summed E-state index contributed by atoms with van der Waals surface area (Å²) in [4.78, 5) is 37.7. The summed E-state index contributed by atoms with van der Waals surface area (Å²) in [6, 6.07) is 0. The highest BCUT2D eigenvalue weighted by Crippen LogP contribution is 2.73. The molecule has 0 radical (unpaired) electrons. The van der Waals surface area contributed by atoms with Crippen molar-refractivity contribution in [3.05, 3.63) is 11.1 Å². The fourth-order valence-corrected chi connectivity index (χ4v) is 10.9. The fourth-order valence-electron chi connectivity index (χ4n) is 10.9. The van der Waals surface area contributed by atoms with Gasteiger partial charge in [-0.2, -0.15) is 0 Å². The number of allylic oxidation sites excluding steroid dienone is 1. The topological polar surface area (TPSA) is 80.7 Å². The first-order chi connectivity index (χ1) is 16.7. The first-order valence-corrected chi connectivity index (χ1v) is 14.4. The van der Waals surface area contributed by atoms with Crippen molar-refractivity contribution in [3.63, 3.8) is 0 Å². The summed E-state index contributed by atoms with van der Waals surface area (Å²) < 4.78 is 5.84. The number of Topliss-reactive ketones (excluding diaryl/α,β-unsaturated/α-hetero) is 1. The zero-order valence-electron chi connectivity index (χ0n) is 23.4. The molecule has 0 aromatic carbocycles. The van der Waals surface area contributed by atoms with Crippen LogP contribution < -0.4 is 0 Å². The molecule has 5 nitrogen and oxygen atoms in total. The Balaban J connectivity index is 1.52. The molecule has 4 fully saturated rings. The fraction of sp³-hybridized carbons (Fsp3) is 0.839. The number of carbonyl (C=O) groups is 3. The summed E-state index contributed by atoms with van der Waals surface area (Å²) in [6.07, 6.45) is 7.99. The third-order valence-corrected chi connectivity index (χ3v) is 12.2. The van der Waals surface area contributed by atoms with Crippen LogP contribution in [0.5, 0.6) is 0 Å². The van der Waals surface area contributed by atoms with Gasteiger partial charge in [0.2, 0.25) is 0 Å². The standard InChI is InChI=1S/C31H46O5/c1-17(2)25-21(33)16-31(27(34)35)15-10-20-19(26(25)31)8-9-23-29(20,6)13-11-22-28(4,5)24(36-18(3)32)12-14-30(22,23)7/h17,19-20,22-24H,8-16H2,1-7H3,(H,34,35)/t19?,20?,22?,23?,24-,29-,30-,31?/m0/s1. The van der Waals surface area contributed by atoms with E-state index in [1.807, 2.05) is 0 Å². The van der Waals surface area contributed by atoms with Crippen molar-refractivity contribution in [3.8, 4) is 0 Å². The van der Waals surface area contributed by atoms with Crippen molar-refractivity contribution < 1.29 is 24.2 Å². The second-order valence-corrected chi connectivity index (χ2v) is 14.4. The minimum atomic E-state index is -0.966. The average Bonchev–Trinajstić information content (AvgIpc) is 3.09. The molecule has 0 spiro atoms. The number of carboxylic acid groups (broad SMARTS) is 1. The third kappa shape index (κ3) is 3.29. The van der Waals surface area contributed by atoms with Crippen molar-refractivity contribution in [1.82, 2.24) is 0 Å². The lowest BCUT2D eigenvalue weighted by atomic mass is 9.36. The number of ether oxygens (including phenoxy) is 1. The Labute approximate surface area is 216 Å². The summed E-state index contributed by atoms with van der Waals surface area (Å²) in [5.74, 6) is 0.907. The predicted molar refractivity (Wildman–Crippen MR) is 138 cm³/mol. The number of aliphatic carboxylic acids is 1. The number of hydrogen-bond donors (Lipinski definition) is 1. The maximum absolute atomic E-state index is 13.2. The maximum atomic E-state index is 13.2. The van der Waals surface area contributed by atoms with E-state index in [4.69, 9.17) is 4.74 Å². The van der Waals surface area contributed by atoms with Crippen molar-refractivity contribution in [1.29, 1.82) is 0 Å². The minimum Gasteiger partial charge on any atom is -0.481 e. The van der Waals surface area contributed by atoms with Crippen LogP contribution >= 0.6 is 0 Å². The van der Waals surface area contributed by atoms with Crippen LogP contribution in [0.2, 0.25) is 0 Å². The Hall–Kier alpha value is -1.65. The van der Waals surface area contributed by atoms with Crippen LogP contribution in [0.1, 0.15) is 106 Å². The van der Waals surface area contributed by atoms with Gasteiger partial charge in [0.15, 0.2) is 5.78 Å². The van der Waals surface area contributed by atoms with Crippen LogP contribution in [0.25, 0.3) is 0 Å². The zero-order chi connectivity index (χ0) is 26.4. The van der Waals surface area contributed by atoms with Gasteiger partial charge in [-0.1, -0.05) is 41.5 Å². The second-order valence-electron chi connectivity index (χ2n) is 14.4. The van der Waals surface area contributed by atoms with E-state index in [2.05, 4.69) is 41.5 Å². The SMILES string of the molecule is CC(=O)O[C@H]1CC[C@@]2(C)C(CC[C@@]3(C)C4CCC5(C(=O)O)CC(=O)C(C(C)C)=C5C4CCC32)C1(C)C. The lowest BCUT2D eigenvalue weighted by molar-refractivity contribution is -0.212. The van der Waals surface area contributed by atoms with E-state index in [-0.39, 0.29) is 52.4 Å². The highest BCUT2D eigenvalue weighted by atomic mass is 16.5. The van der Waals surface area contributed by atoms with E-state index in [1.54, 1.807) is 0 Å². The van der Waals surface area contributed by atoms with Crippen molar-refractivity contribution >= 4 is 17.7 Å². The van der Waals surface area contributed by atoms with Gasteiger partial charge in [0.1, 0.15) is 6.10 Å². The lowest BCUT2D eigenvalue weighted by Crippen LogP contribution is -2.63. The highest BCUT2D eigenvalue weighted by molar-refractivity contribution is 6.05. The van der Waals surface area contributed by atoms with Crippen molar-refractivity contribution in [2.75, 3.05) is 0 Å². The Bertz CT molecular complexity index is 1020. The summed E-state index contributed by atoms with van der Waals surface area (Å²) in [5, 5.41) is 10.4. The van der Waals surface area contributed by atoms with E-state index in [0.717, 1.165) is 56.1 Å². The molecule has 0 aromatic heterocycles. The van der Waals surface area contributed by atoms with Gasteiger partial charge in [-0.25, -0.2) is 0 Å². The van der Waals surface area contributed by atoms with Crippen LogP contribution in [0, 0.1) is 51.2 Å². The van der Waals surface area contributed by atoms with E-state index in [9.17, 15) is 19.5 Å². The molecule has 1 N–H and O–H groups in total. The number of carbonyl (C=O) groups excluding carboxylic acids is 2. The molecule has 200 valence electrons. The number of carboxylic acids is 1. The van der Waals surface area contributed by atoms with E-state index in [1.165, 1.54) is 6.92 Å². The van der Waals surface area contributed by atoms with Crippen molar-refractivity contribution in [2.24, 2.45) is 51.2 Å². The molecule has 0 bridgehead atoms. The first kappa shape index (κ1) is 26.0. The minimum absolute atomic E-state index is 0.0251. The highest BCUT2D eigenvalue weighted by Gasteiger charge is 2.67. The average molecular weight is 499 g/mol. The molecule has 8 atom stereocenters. The Morgan fingerprint density at radius 1 is 0.917 bits per heavy atom. The van der Waals surface area contributed by atoms with Gasteiger partial charge in [-0.05, 0) is 103 Å². The Morgan fingerprint density at radius 3 is 2.19 bits per heavy atom. The molecule has 0 amide bonds. The molecule has 36 heavy (non-hydrogen) atoms. The summed E-state index contributed by atoms with van der Waals surface area (Å²) in [5.41, 5.74) is 1.16. The van der Waals surface area contributed by atoms with Gasteiger partial charge in [-0.15, -0.1) is 0 Å². The smallest absolute Gasteiger partial charge is 0.314 e. The van der Waals surface area contributed by atoms with Gasteiger partial charge in [0.05, 0.1) is 5.41 Å². The van der Waals surface area contributed by atoms with Gasteiger partial charge in [0, 0.05) is 18.8 Å². The van der Waals surface area contributed by atoms with E-state index < -0.39 is 11.4 Å². The predicted octanol–water partition coefficient (Wildman–Crippen LogP) is 6.59. The molecule has 5 heteroatoms. The molecule has 5 unspecified atom stereocenters. The Morgan fingerprint density at radius 2 is 1.58 bits per heavy atom. The molecule has 5 rings (SSSR count). The Kier molecular flexibility index (Phi) is 5.90. The number of ketones is 1. The number of esters is 1. The van der Waals surface area contributed by atoms with Crippen molar-refractivity contribution in [2.45, 2.75) is 112 Å². The van der Waals surface area contributed by atoms with Gasteiger partial charge < -0.3 is 9.84 Å². The zero-order valence-corrected chi connectivity index (χ0v) is 23.4. The normalized spacial score (nSPS) is 45.4. The molecule has 5 aliphatic rings. The van der Waals surface area contributed by atoms with Gasteiger partial charge in [0.25, 0.3) is 0 Å². The number of fused-ring (bicyclic) bond motifs is 7. The number of hydrogen-bond acceptors (Lipinski definition) is 4. The first-order valence-electron chi connectivity index (χ1n) is 14.4. The van der Waals surface area contributed by atoms with E-state index >= 15 is 0 Å². The maximum Gasteiger partial charge on any atom is 0.314 e. The second kappa shape index (κ2) is 8.17. The lowest BCUT2D eigenvalue weighted by Gasteiger charge is -2.68. The quantitative estimate of drug-likeness (QED) is 0.444. The number of rotatable bonds is 3. The van der Waals surface area contributed by atoms with Gasteiger partial charge >= 0.3 is 11.9 Å². The summed E-state index contributed by atoms with van der Waals surface area (Å²) >= 11 is 0. The monoisotopic (exact) mass is 498 g/mol. The molecule has 0 aliphatic heterocycles. The molecule has 0 saturated heterocycles. The molecule has 0 heterocycles. The van der Waals surface area contributed by atoms with E-state index in [0.29, 0.717) is 24.2 Å². The summed E-state index contributed by atoms with van der Waals surface area (Å²) in [6.45, 7) is 15.3. The van der Waals surface area contributed by atoms with Crippen LogP contribution in [-0.4, -0.2) is 28.9 Å². The van der Waals surface area contributed by atoms with Crippen LogP contribution in [0.15, 0.2) is 11.1 Å². The molecule has 0 aromatic rings. The molecule has 5 aliphatic carbocycles. The van der Waals surface area contributed by atoms with Crippen LogP contribution in [0.3, 0.4) is 0 Å². The van der Waals surface area contributed by atoms with Crippen LogP contribution in [0.4, 0.5) is 0 Å². The molecular weight excluding hydrogens is 452 g/mol.